The summed E-state index contributed by atoms with van der Waals surface area (Å²) in [6.07, 6.45) is 3.37. The molecule has 0 spiro atoms. The molecule has 0 saturated carbocycles. The van der Waals surface area contributed by atoms with E-state index in [1.54, 1.807) is 6.20 Å². The topological polar surface area (TPSA) is 195 Å². The zero-order chi connectivity index (χ0) is 42.0. The summed E-state index contributed by atoms with van der Waals surface area (Å²) >= 11 is 0. The third-order valence-corrected chi connectivity index (χ3v) is 11.3. The second kappa shape index (κ2) is 17.5. The first-order chi connectivity index (χ1) is 28.3. The van der Waals surface area contributed by atoms with Crippen molar-refractivity contribution in [3.63, 3.8) is 0 Å². The Morgan fingerprint density at radius 2 is 1.32 bits per heavy atom. The van der Waals surface area contributed by atoms with Crippen molar-refractivity contribution in [1.82, 2.24) is 40.4 Å². The van der Waals surface area contributed by atoms with E-state index in [-0.39, 0.29) is 48.4 Å². The number of rotatable bonds is 13. The van der Waals surface area contributed by atoms with Crippen molar-refractivity contribution in [2.75, 3.05) is 27.3 Å². The van der Waals surface area contributed by atoms with E-state index in [1.807, 2.05) is 63.1 Å². The highest BCUT2D eigenvalue weighted by molar-refractivity contribution is 5.94. The Morgan fingerprint density at radius 3 is 1.95 bits per heavy atom. The van der Waals surface area contributed by atoms with Gasteiger partial charge in [-0.25, -0.2) is 14.8 Å². The second-order valence-electron chi connectivity index (χ2n) is 16.0. The number of carbonyl (C=O) groups excluding carboxylic acids is 4. The summed E-state index contributed by atoms with van der Waals surface area (Å²) in [7, 11) is 2.63. The molecule has 2 saturated heterocycles. The molecule has 5 N–H and O–H groups in total. The molecule has 59 heavy (non-hydrogen) atoms. The van der Waals surface area contributed by atoms with Crippen molar-refractivity contribution in [1.29, 1.82) is 0 Å². The number of H-pyrrole nitrogens is 2. The normalized spacial score (nSPS) is 18.5. The average molecular weight is 805 g/mol. The highest BCUT2D eigenvalue weighted by atomic mass is 16.6. The van der Waals surface area contributed by atoms with Crippen molar-refractivity contribution in [2.45, 2.75) is 77.5 Å². The van der Waals surface area contributed by atoms with Crippen LogP contribution in [0.2, 0.25) is 0 Å². The smallest absolute Gasteiger partial charge is 0.407 e. The Morgan fingerprint density at radius 1 is 0.763 bits per heavy atom. The Balaban J connectivity index is 1.03. The molecular weight excluding hydrogens is 753 g/mol. The number of amides is 3. The number of likely N-dealkylation sites (tertiary alicyclic amines) is 2. The second-order valence-corrected chi connectivity index (χ2v) is 16.0. The molecule has 4 heterocycles. The van der Waals surface area contributed by atoms with Crippen molar-refractivity contribution in [3.8, 4) is 33.6 Å². The van der Waals surface area contributed by atoms with E-state index in [9.17, 15) is 24.3 Å². The summed E-state index contributed by atoms with van der Waals surface area (Å²) in [6.45, 7) is 8.08. The number of ether oxygens (including phenoxy) is 2. The van der Waals surface area contributed by atoms with Crippen molar-refractivity contribution in [3.05, 3.63) is 84.7 Å². The van der Waals surface area contributed by atoms with E-state index >= 15 is 0 Å². The number of aromatic amines is 2. The summed E-state index contributed by atoms with van der Waals surface area (Å²) in [4.78, 5) is 71.2. The number of methoxy groups -OCH3 is 2. The highest BCUT2D eigenvalue weighted by Gasteiger charge is 2.41. The molecule has 0 bridgehead atoms. The number of carbonyl (C=O) groups is 4. The van der Waals surface area contributed by atoms with Gasteiger partial charge in [0.2, 0.25) is 18.2 Å². The quantitative estimate of drug-likeness (QED) is 0.0921. The van der Waals surface area contributed by atoms with E-state index < -0.39 is 30.6 Å². The number of Topliss-reactive ketones (excluding diaryl/α,β-unsaturated/α-hetero) is 1. The first-order valence-corrected chi connectivity index (χ1v) is 20.0. The Hall–Kier alpha value is -5.90. The van der Waals surface area contributed by atoms with Crippen molar-refractivity contribution in [2.24, 2.45) is 11.8 Å². The summed E-state index contributed by atoms with van der Waals surface area (Å²) in [5, 5.41) is 17.7. The van der Waals surface area contributed by atoms with E-state index in [2.05, 4.69) is 62.0 Å². The molecule has 2 fully saturated rings. The third-order valence-electron chi connectivity index (χ3n) is 11.3. The molecule has 0 aliphatic carbocycles. The number of hydrogen-bond donors (Lipinski definition) is 5. The molecule has 2 aromatic heterocycles. The SMILES string of the molecule is COC(=O)N[C@H](C(=O)N1CC(=O)C[C@H]1c1ncc(-c2ccc(-c3ccc4cc(-c5cnc([C@@H]6CCCN6C(=O)[C@@H](NC(O)OC)C(C)C)[nH]5)ccc4c3)cc2)[nH]1)C(C)C. The van der Waals surface area contributed by atoms with Gasteiger partial charge in [0.25, 0.3) is 0 Å². The largest absolute Gasteiger partial charge is 0.453 e. The summed E-state index contributed by atoms with van der Waals surface area (Å²) in [5.41, 5.74) is 5.60. The molecule has 2 aliphatic rings. The van der Waals surface area contributed by atoms with Gasteiger partial charge in [-0.3, -0.25) is 19.7 Å². The molecule has 0 radical (unpaired) electrons. The summed E-state index contributed by atoms with van der Waals surface area (Å²) in [6, 6.07) is 18.5. The van der Waals surface area contributed by atoms with Crippen LogP contribution in [0.3, 0.4) is 0 Å². The van der Waals surface area contributed by atoms with Crippen LogP contribution in [0.1, 0.15) is 70.7 Å². The van der Waals surface area contributed by atoms with Gasteiger partial charge in [0.05, 0.1) is 55.6 Å². The molecule has 3 aromatic carbocycles. The van der Waals surface area contributed by atoms with Crippen LogP contribution in [0.25, 0.3) is 44.4 Å². The van der Waals surface area contributed by atoms with Crippen LogP contribution in [0.5, 0.6) is 0 Å². The minimum atomic E-state index is -1.23. The van der Waals surface area contributed by atoms with Gasteiger partial charge in [0.15, 0.2) is 5.78 Å². The van der Waals surface area contributed by atoms with Gasteiger partial charge in [0.1, 0.15) is 17.7 Å². The number of imidazole rings is 2. The number of nitrogens with one attached hydrogen (secondary N) is 4. The maximum atomic E-state index is 13.6. The van der Waals surface area contributed by atoms with Crippen LogP contribution in [-0.2, 0) is 23.9 Å². The van der Waals surface area contributed by atoms with Gasteiger partial charge in [-0.2, -0.15) is 0 Å². The lowest BCUT2D eigenvalue weighted by Gasteiger charge is -2.31. The lowest BCUT2D eigenvalue weighted by atomic mass is 9.98. The van der Waals surface area contributed by atoms with Gasteiger partial charge in [-0.05, 0) is 64.3 Å². The van der Waals surface area contributed by atoms with Gasteiger partial charge in [0, 0.05) is 25.6 Å². The zero-order valence-corrected chi connectivity index (χ0v) is 34.2. The predicted molar refractivity (Wildman–Crippen MR) is 221 cm³/mol. The highest BCUT2D eigenvalue weighted by Crippen LogP contribution is 2.35. The number of fused-ring (bicyclic) bond motifs is 1. The lowest BCUT2D eigenvalue weighted by molar-refractivity contribution is -0.145. The molecule has 5 aromatic rings. The van der Waals surface area contributed by atoms with Gasteiger partial charge < -0.3 is 39.7 Å². The fourth-order valence-electron chi connectivity index (χ4n) is 8.05. The van der Waals surface area contributed by atoms with E-state index in [4.69, 9.17) is 14.5 Å². The number of alkyl carbamates (subject to hydrolysis) is 1. The standard InChI is InChI=1S/C44H52N8O7/c1-24(2)37(49-43(56)58-5)41(54)51-17-7-8-35(51)39-45-22-34(48-39)31-16-15-29-18-28(13-14-30(29)19-31)26-9-11-27(12-10-26)33-21-46-40(47-33)36-20-32(53)23-52(36)42(55)38(25(3)4)50-44(57)59-6/h9-16,18-19,21-22,24-25,35-38,43,49,56H,7-8,17,20,23H2,1-6H3,(H,45,48)(H,46,47)(H,50,57)/t35-,36-,37-,38-,43?/m0/s1. The molecule has 3 amide bonds. The van der Waals surface area contributed by atoms with Crippen molar-refractivity contribution >= 4 is 34.5 Å². The molecule has 2 aliphatic heterocycles. The number of ketones is 1. The van der Waals surface area contributed by atoms with Crippen LogP contribution in [0.4, 0.5) is 4.79 Å². The van der Waals surface area contributed by atoms with Gasteiger partial charge >= 0.3 is 6.09 Å². The van der Waals surface area contributed by atoms with E-state index in [0.717, 1.165) is 63.1 Å². The fourth-order valence-corrected chi connectivity index (χ4v) is 8.05. The molecule has 15 heteroatoms. The lowest BCUT2D eigenvalue weighted by Crippen LogP contribution is -2.52. The number of nitrogens with zero attached hydrogens (tertiary/aromatic N) is 4. The van der Waals surface area contributed by atoms with Gasteiger partial charge in [-0.15, -0.1) is 0 Å². The molecule has 15 nitrogen and oxygen atoms in total. The number of aliphatic hydroxyl groups is 1. The van der Waals surface area contributed by atoms with E-state index in [0.29, 0.717) is 12.4 Å². The monoisotopic (exact) mass is 804 g/mol. The Kier molecular flexibility index (Phi) is 12.3. The molecular formula is C44H52N8O7. The molecule has 5 atom stereocenters. The minimum absolute atomic E-state index is 0.0536. The Labute approximate surface area is 342 Å². The Bertz CT molecular complexity index is 2320. The van der Waals surface area contributed by atoms with E-state index in [1.165, 1.54) is 19.1 Å². The molecule has 7 rings (SSSR count). The van der Waals surface area contributed by atoms with Crippen LogP contribution in [0, 0.1) is 11.8 Å². The first kappa shape index (κ1) is 41.3. The number of aromatic nitrogens is 4. The summed E-state index contributed by atoms with van der Waals surface area (Å²) in [5.74, 6) is 0.442. The molecule has 310 valence electrons. The zero-order valence-electron chi connectivity index (χ0n) is 34.2. The van der Waals surface area contributed by atoms with Crippen LogP contribution >= 0.6 is 0 Å². The van der Waals surface area contributed by atoms with Crippen molar-refractivity contribution < 1.29 is 33.8 Å². The maximum Gasteiger partial charge on any atom is 0.407 e. The number of hydrogen-bond acceptors (Lipinski definition) is 10. The predicted octanol–water partition coefficient (Wildman–Crippen LogP) is 5.71. The minimum Gasteiger partial charge on any atom is -0.453 e. The first-order valence-electron chi connectivity index (χ1n) is 20.0. The summed E-state index contributed by atoms with van der Waals surface area (Å²) < 4.78 is 9.67. The fraction of sp³-hybridized carbons (Fsp3) is 0.409. The third kappa shape index (κ3) is 8.77. The molecule has 1 unspecified atom stereocenters. The maximum absolute atomic E-state index is 13.6. The van der Waals surface area contributed by atoms with Gasteiger partial charge in [-0.1, -0.05) is 76.2 Å². The van der Waals surface area contributed by atoms with Crippen LogP contribution in [-0.4, -0.2) is 104 Å². The number of aliphatic hydroxyl groups excluding tert-OH is 1. The number of benzene rings is 3. The van der Waals surface area contributed by atoms with Crippen LogP contribution in [0.15, 0.2) is 73.1 Å². The van der Waals surface area contributed by atoms with Crippen LogP contribution < -0.4 is 10.6 Å². The average Bonchev–Trinajstić information content (AvgIpc) is 4.08.